The number of methoxy groups -OCH3 is 1. The van der Waals surface area contributed by atoms with Gasteiger partial charge in [-0.15, -0.1) is 0 Å². The van der Waals surface area contributed by atoms with Crippen LogP contribution in [0.4, 0.5) is 4.39 Å². The van der Waals surface area contributed by atoms with E-state index >= 15 is 0 Å². The Kier molecular flexibility index (Phi) is 9.73. The number of hydrogen-bond acceptors (Lipinski definition) is 3. The highest BCUT2D eigenvalue weighted by Gasteiger charge is 2.18. The van der Waals surface area contributed by atoms with Gasteiger partial charge in [0.1, 0.15) is 23.9 Å². The first-order valence-electron chi connectivity index (χ1n) is 12.9. The van der Waals surface area contributed by atoms with E-state index in [0.717, 1.165) is 34.6 Å². The summed E-state index contributed by atoms with van der Waals surface area (Å²) in [5.41, 5.74) is 4.34. The molecule has 1 aliphatic rings. The Morgan fingerprint density at radius 1 is 0.973 bits per heavy atom. The smallest absolute Gasteiger partial charge is 0.303 e. The third-order valence-corrected chi connectivity index (χ3v) is 6.15. The molecule has 37 heavy (non-hydrogen) atoms. The topological polar surface area (TPSA) is 55.8 Å². The Morgan fingerprint density at radius 2 is 1.70 bits per heavy atom. The van der Waals surface area contributed by atoms with Crippen molar-refractivity contribution in [1.29, 1.82) is 0 Å². The van der Waals surface area contributed by atoms with Crippen LogP contribution in [0.3, 0.4) is 0 Å². The van der Waals surface area contributed by atoms with E-state index in [4.69, 9.17) is 14.6 Å². The normalized spacial score (nSPS) is 12.9. The zero-order valence-corrected chi connectivity index (χ0v) is 22.6. The number of carbonyl (C=O) groups is 1. The van der Waals surface area contributed by atoms with Crippen LogP contribution in [-0.4, -0.2) is 18.2 Å². The van der Waals surface area contributed by atoms with Gasteiger partial charge in [-0.3, -0.25) is 4.79 Å². The van der Waals surface area contributed by atoms with Crippen molar-refractivity contribution in [2.24, 2.45) is 11.3 Å². The lowest BCUT2D eigenvalue weighted by molar-refractivity contribution is -0.136. The third-order valence-electron chi connectivity index (χ3n) is 6.15. The second-order valence-electron chi connectivity index (χ2n) is 11.1. The molecular weight excluding hydrogens is 467 g/mol. The zero-order valence-electron chi connectivity index (χ0n) is 22.6. The fourth-order valence-electron chi connectivity index (χ4n) is 3.93. The minimum absolute atomic E-state index is 0.0159. The van der Waals surface area contributed by atoms with Crippen LogP contribution in [0.2, 0.25) is 0 Å². The van der Waals surface area contributed by atoms with Gasteiger partial charge in [0.2, 0.25) is 0 Å². The van der Waals surface area contributed by atoms with Gasteiger partial charge in [0.05, 0.1) is 7.11 Å². The zero-order chi connectivity index (χ0) is 27.0. The van der Waals surface area contributed by atoms with E-state index in [0.29, 0.717) is 30.1 Å². The molecule has 0 saturated heterocycles. The highest BCUT2D eigenvalue weighted by atomic mass is 19.1. The van der Waals surface area contributed by atoms with Crippen molar-refractivity contribution >= 4 is 5.97 Å². The van der Waals surface area contributed by atoms with Gasteiger partial charge in [0.25, 0.3) is 0 Å². The molecule has 0 amide bonds. The largest absolute Gasteiger partial charge is 0.497 e. The molecule has 1 saturated carbocycles. The molecule has 5 heteroatoms. The first kappa shape index (κ1) is 28.2. The van der Waals surface area contributed by atoms with E-state index in [9.17, 15) is 9.18 Å². The first-order valence-corrected chi connectivity index (χ1v) is 12.9. The van der Waals surface area contributed by atoms with Crippen LogP contribution in [0.1, 0.15) is 63.6 Å². The SMILES string of the molecule is CC1CC1.COc1ccc(F)c(-c2ccc(COc3cccc(CCC(=O)O)c3)cc2CC(C)(C)C)c1. The van der Waals surface area contributed by atoms with Gasteiger partial charge in [0, 0.05) is 12.0 Å². The van der Waals surface area contributed by atoms with Crippen LogP contribution in [-0.2, 0) is 24.2 Å². The monoisotopic (exact) mass is 506 g/mol. The maximum absolute atomic E-state index is 14.7. The summed E-state index contributed by atoms with van der Waals surface area (Å²) in [6, 6.07) is 18.3. The Morgan fingerprint density at radius 3 is 2.32 bits per heavy atom. The van der Waals surface area contributed by atoms with Gasteiger partial charge in [-0.1, -0.05) is 70.9 Å². The van der Waals surface area contributed by atoms with E-state index in [1.165, 1.54) is 18.9 Å². The van der Waals surface area contributed by atoms with Gasteiger partial charge in [-0.25, -0.2) is 4.39 Å². The molecule has 1 fully saturated rings. The summed E-state index contributed by atoms with van der Waals surface area (Å²) in [6.07, 6.45) is 4.29. The predicted octanol–water partition coefficient (Wildman–Crippen LogP) is 8.10. The van der Waals surface area contributed by atoms with Crippen LogP contribution >= 0.6 is 0 Å². The highest BCUT2D eigenvalue weighted by molar-refractivity contribution is 5.70. The van der Waals surface area contributed by atoms with Gasteiger partial charge in [-0.2, -0.15) is 0 Å². The summed E-state index contributed by atoms with van der Waals surface area (Å²) >= 11 is 0. The molecule has 0 heterocycles. The van der Waals surface area contributed by atoms with E-state index < -0.39 is 5.97 Å². The molecular formula is C32H39FO4. The maximum atomic E-state index is 14.7. The third kappa shape index (κ3) is 9.56. The number of aryl methyl sites for hydroxylation is 1. The molecule has 4 rings (SSSR count). The van der Waals surface area contributed by atoms with Gasteiger partial charge < -0.3 is 14.6 Å². The van der Waals surface area contributed by atoms with Crippen molar-refractivity contribution in [1.82, 2.24) is 0 Å². The molecule has 3 aromatic rings. The summed E-state index contributed by atoms with van der Waals surface area (Å²) in [6.45, 7) is 9.11. The second-order valence-corrected chi connectivity index (χ2v) is 11.1. The number of rotatable bonds is 9. The Hall–Kier alpha value is -3.34. The fourth-order valence-corrected chi connectivity index (χ4v) is 3.93. The average Bonchev–Trinajstić information content (AvgIpc) is 3.64. The number of carboxylic acids is 1. The lowest BCUT2D eigenvalue weighted by Gasteiger charge is -2.22. The predicted molar refractivity (Wildman–Crippen MR) is 147 cm³/mol. The van der Waals surface area contributed by atoms with E-state index in [1.807, 2.05) is 36.4 Å². The molecule has 0 radical (unpaired) electrons. The van der Waals surface area contributed by atoms with Gasteiger partial charge in [-0.05, 0) is 76.8 Å². The number of ether oxygens (including phenoxy) is 2. The molecule has 0 bridgehead atoms. The lowest BCUT2D eigenvalue weighted by Crippen LogP contribution is -2.11. The van der Waals surface area contributed by atoms with Crippen LogP contribution in [0.5, 0.6) is 11.5 Å². The highest BCUT2D eigenvalue weighted by Crippen LogP contribution is 2.34. The standard InChI is InChI=1S/C28H31FO4.C4H8/c1-28(2,3)17-21-14-20(8-11-24(21)25-16-22(32-4)10-12-26(25)29)18-33-23-7-5-6-19(15-23)9-13-27(30)31;1-4-2-3-4/h5-8,10-12,14-16H,9,13,17-18H2,1-4H3,(H,30,31);4H,2-3H2,1H3. The van der Waals surface area contributed by atoms with Gasteiger partial charge >= 0.3 is 5.97 Å². The maximum Gasteiger partial charge on any atom is 0.303 e. The molecule has 3 aromatic carbocycles. The summed E-state index contributed by atoms with van der Waals surface area (Å²) < 4.78 is 26.0. The van der Waals surface area contributed by atoms with Crippen LogP contribution < -0.4 is 9.47 Å². The van der Waals surface area contributed by atoms with Crippen molar-refractivity contribution in [2.75, 3.05) is 7.11 Å². The molecule has 0 spiro atoms. The summed E-state index contributed by atoms with van der Waals surface area (Å²) in [7, 11) is 1.57. The van der Waals surface area contributed by atoms with Crippen molar-refractivity contribution in [3.8, 4) is 22.6 Å². The summed E-state index contributed by atoms with van der Waals surface area (Å²) in [5, 5.41) is 8.89. The van der Waals surface area contributed by atoms with Crippen LogP contribution in [0, 0.1) is 17.2 Å². The Balaban J connectivity index is 0.000000865. The fraction of sp³-hybridized carbons (Fsp3) is 0.406. The Labute approximate surface area is 220 Å². The van der Waals surface area contributed by atoms with Crippen molar-refractivity contribution in [3.05, 3.63) is 83.2 Å². The van der Waals surface area contributed by atoms with E-state index in [-0.39, 0.29) is 17.7 Å². The lowest BCUT2D eigenvalue weighted by atomic mass is 9.84. The van der Waals surface area contributed by atoms with E-state index in [2.05, 4.69) is 33.8 Å². The molecule has 0 unspecified atom stereocenters. The van der Waals surface area contributed by atoms with E-state index in [1.54, 1.807) is 19.2 Å². The van der Waals surface area contributed by atoms with Crippen LogP contribution in [0.25, 0.3) is 11.1 Å². The van der Waals surface area contributed by atoms with Gasteiger partial charge in [0.15, 0.2) is 0 Å². The van der Waals surface area contributed by atoms with Crippen LogP contribution in [0.15, 0.2) is 60.7 Å². The first-order chi connectivity index (χ1) is 17.5. The number of carboxylic acid groups (broad SMARTS) is 1. The van der Waals surface area contributed by atoms with Crippen molar-refractivity contribution < 1.29 is 23.8 Å². The quantitative estimate of drug-likeness (QED) is 0.318. The van der Waals surface area contributed by atoms with Crippen molar-refractivity contribution in [2.45, 2.75) is 66.4 Å². The molecule has 0 aromatic heterocycles. The molecule has 198 valence electrons. The summed E-state index contributed by atoms with van der Waals surface area (Å²) in [5.74, 6) is 1.29. The van der Waals surface area contributed by atoms with Crippen molar-refractivity contribution in [3.63, 3.8) is 0 Å². The second kappa shape index (κ2) is 12.8. The number of benzene rings is 3. The molecule has 0 aliphatic heterocycles. The Bertz CT molecular complexity index is 1190. The molecule has 4 nitrogen and oxygen atoms in total. The average molecular weight is 507 g/mol. The molecule has 1 N–H and O–H groups in total. The molecule has 1 aliphatic carbocycles. The minimum Gasteiger partial charge on any atom is -0.497 e. The molecule has 0 atom stereocenters. The number of hydrogen-bond donors (Lipinski definition) is 1. The number of aliphatic carboxylic acids is 1. The number of halogens is 1. The minimum atomic E-state index is -0.819. The summed E-state index contributed by atoms with van der Waals surface area (Å²) in [4.78, 5) is 10.8.